The van der Waals surface area contributed by atoms with Crippen LogP contribution in [0.25, 0.3) is 0 Å². The second kappa shape index (κ2) is 5.47. The topological polar surface area (TPSA) is 44.8 Å². The van der Waals surface area contributed by atoms with E-state index in [1.165, 1.54) is 6.42 Å². The number of hydrogen-bond donors (Lipinski definition) is 0. The summed E-state index contributed by atoms with van der Waals surface area (Å²) in [5.41, 5.74) is -0.465. The highest BCUT2D eigenvalue weighted by Crippen LogP contribution is 2.24. The average Bonchev–Trinajstić information content (AvgIpc) is 2.17. The average molecular weight is 216 g/mol. The van der Waals surface area contributed by atoms with Gasteiger partial charge in [-0.2, -0.15) is 4.89 Å². The van der Waals surface area contributed by atoms with Crippen molar-refractivity contribution in [3.63, 3.8) is 0 Å². The first-order valence-electron chi connectivity index (χ1n) is 5.55. The van der Waals surface area contributed by atoms with Gasteiger partial charge in [0.05, 0.1) is 11.5 Å². The van der Waals surface area contributed by atoms with Gasteiger partial charge in [-0.1, -0.05) is 19.3 Å². The Morgan fingerprint density at radius 2 is 1.73 bits per heavy atom. The molecular weight excluding hydrogens is 196 g/mol. The van der Waals surface area contributed by atoms with Gasteiger partial charge in [0.1, 0.15) is 0 Å². The van der Waals surface area contributed by atoms with Gasteiger partial charge in [0.15, 0.2) is 0 Å². The zero-order valence-electron chi connectivity index (χ0n) is 9.75. The molecule has 0 saturated heterocycles. The van der Waals surface area contributed by atoms with Gasteiger partial charge < -0.3 is 0 Å². The minimum atomic E-state index is -0.465. The van der Waals surface area contributed by atoms with Crippen LogP contribution in [0.3, 0.4) is 0 Å². The Balaban J connectivity index is 2.17. The van der Waals surface area contributed by atoms with Gasteiger partial charge in [0, 0.05) is 0 Å². The Bertz CT molecular complexity index is 201. The number of hydrogen-bond acceptors (Lipinski definition) is 4. The maximum atomic E-state index is 11.5. The minimum absolute atomic E-state index is 0.0117. The highest BCUT2D eigenvalue weighted by Gasteiger charge is 2.24. The molecular formula is C11H20O4. The molecule has 0 atom stereocenters. The molecule has 0 aromatic rings. The van der Waals surface area contributed by atoms with Crippen molar-refractivity contribution in [1.29, 1.82) is 0 Å². The summed E-state index contributed by atoms with van der Waals surface area (Å²) in [4.78, 5) is 20.9. The predicted octanol–water partition coefficient (Wildman–Crippen LogP) is 2.77. The molecule has 1 fully saturated rings. The van der Waals surface area contributed by atoms with Crippen LogP contribution in [0.5, 0.6) is 0 Å². The van der Waals surface area contributed by atoms with Crippen molar-refractivity contribution < 1.29 is 19.6 Å². The minimum Gasteiger partial charge on any atom is -0.269 e. The predicted molar refractivity (Wildman–Crippen MR) is 54.6 cm³/mol. The molecule has 0 N–H and O–H groups in total. The molecule has 0 bridgehead atoms. The van der Waals surface area contributed by atoms with Gasteiger partial charge in [-0.3, -0.25) is 4.89 Å². The van der Waals surface area contributed by atoms with Gasteiger partial charge in [-0.25, -0.2) is 4.79 Å². The summed E-state index contributed by atoms with van der Waals surface area (Å²) in [6.07, 6.45) is 5.21. The van der Waals surface area contributed by atoms with Gasteiger partial charge in [0.2, 0.25) is 0 Å². The Kier molecular flexibility index (Phi) is 4.54. The lowest BCUT2D eigenvalue weighted by atomic mass is 9.89. The Labute approximate surface area is 90.7 Å². The second-order valence-electron chi connectivity index (χ2n) is 5.00. The molecule has 0 radical (unpaired) electrons. The summed E-state index contributed by atoms with van der Waals surface area (Å²) in [5, 5.41) is 4.46. The van der Waals surface area contributed by atoms with Gasteiger partial charge in [-0.15, -0.1) is 0 Å². The summed E-state index contributed by atoms with van der Waals surface area (Å²) in [6, 6.07) is 0. The fourth-order valence-corrected chi connectivity index (χ4v) is 1.56. The molecule has 0 aliphatic heterocycles. The lowest BCUT2D eigenvalue weighted by Crippen LogP contribution is -2.24. The maximum absolute atomic E-state index is 11.5. The molecule has 4 heteroatoms. The van der Waals surface area contributed by atoms with Crippen LogP contribution in [0.4, 0.5) is 0 Å². The monoisotopic (exact) mass is 216 g/mol. The van der Waals surface area contributed by atoms with E-state index >= 15 is 0 Å². The van der Waals surface area contributed by atoms with Crippen LogP contribution in [0.2, 0.25) is 0 Å². The SMILES string of the molecule is CC(C)(C)OOOC(=O)C1CCCCC1. The first-order valence-corrected chi connectivity index (χ1v) is 5.55. The zero-order chi connectivity index (χ0) is 11.3. The van der Waals surface area contributed by atoms with Crippen molar-refractivity contribution >= 4 is 5.97 Å². The number of carbonyl (C=O) groups is 1. The molecule has 0 aromatic heterocycles. The highest BCUT2D eigenvalue weighted by atomic mass is 17.5. The van der Waals surface area contributed by atoms with E-state index in [2.05, 4.69) is 9.93 Å². The van der Waals surface area contributed by atoms with E-state index in [-0.39, 0.29) is 11.9 Å². The van der Waals surface area contributed by atoms with Crippen molar-refractivity contribution in [1.82, 2.24) is 0 Å². The van der Waals surface area contributed by atoms with Crippen LogP contribution in [-0.2, 0) is 19.6 Å². The van der Waals surface area contributed by atoms with Gasteiger partial charge in [-0.05, 0) is 38.7 Å². The summed E-state index contributed by atoms with van der Waals surface area (Å²) >= 11 is 0. The van der Waals surface area contributed by atoms with Crippen molar-refractivity contribution in [2.75, 3.05) is 0 Å². The van der Waals surface area contributed by atoms with Crippen LogP contribution in [0.15, 0.2) is 0 Å². The van der Waals surface area contributed by atoms with Crippen molar-refractivity contribution in [3.05, 3.63) is 0 Å². The van der Waals surface area contributed by atoms with Crippen LogP contribution in [-0.4, -0.2) is 11.6 Å². The molecule has 0 amide bonds. The van der Waals surface area contributed by atoms with Gasteiger partial charge in [0.25, 0.3) is 0 Å². The van der Waals surface area contributed by atoms with E-state index in [0.29, 0.717) is 0 Å². The third kappa shape index (κ3) is 5.14. The summed E-state index contributed by atoms with van der Waals surface area (Å²) in [5.74, 6) is -0.318. The molecule has 15 heavy (non-hydrogen) atoms. The van der Waals surface area contributed by atoms with Crippen molar-refractivity contribution in [2.24, 2.45) is 5.92 Å². The van der Waals surface area contributed by atoms with Crippen molar-refractivity contribution in [2.45, 2.75) is 58.5 Å². The Morgan fingerprint density at radius 3 is 2.27 bits per heavy atom. The third-order valence-electron chi connectivity index (χ3n) is 2.34. The number of carbonyl (C=O) groups excluding carboxylic acids is 1. The Hall–Kier alpha value is -0.610. The van der Waals surface area contributed by atoms with Crippen molar-refractivity contribution in [3.8, 4) is 0 Å². The van der Waals surface area contributed by atoms with E-state index in [0.717, 1.165) is 25.7 Å². The third-order valence-corrected chi connectivity index (χ3v) is 2.34. The molecule has 1 aliphatic carbocycles. The van der Waals surface area contributed by atoms with E-state index in [1.807, 2.05) is 20.8 Å². The number of rotatable bonds is 3. The van der Waals surface area contributed by atoms with Crippen LogP contribution >= 0.6 is 0 Å². The maximum Gasteiger partial charge on any atom is 0.348 e. The summed E-state index contributed by atoms with van der Waals surface area (Å²) < 4.78 is 0. The van der Waals surface area contributed by atoms with Gasteiger partial charge >= 0.3 is 5.97 Å². The summed E-state index contributed by atoms with van der Waals surface area (Å²) in [7, 11) is 0. The molecule has 0 heterocycles. The van der Waals surface area contributed by atoms with Crippen LogP contribution in [0.1, 0.15) is 52.9 Å². The normalized spacial score (nSPS) is 18.9. The fourth-order valence-electron chi connectivity index (χ4n) is 1.56. The van der Waals surface area contributed by atoms with E-state index < -0.39 is 5.60 Å². The van der Waals surface area contributed by atoms with E-state index in [9.17, 15) is 4.79 Å². The molecule has 0 unspecified atom stereocenters. The molecule has 1 rings (SSSR count). The quantitative estimate of drug-likeness (QED) is 0.537. The first-order chi connectivity index (χ1) is 6.99. The molecule has 88 valence electrons. The molecule has 0 spiro atoms. The summed E-state index contributed by atoms with van der Waals surface area (Å²) in [6.45, 7) is 5.46. The molecule has 1 aliphatic rings. The first kappa shape index (κ1) is 12.5. The lowest BCUT2D eigenvalue weighted by molar-refractivity contribution is -0.515. The molecule has 1 saturated carbocycles. The second-order valence-corrected chi connectivity index (χ2v) is 5.00. The van der Waals surface area contributed by atoms with Crippen LogP contribution in [0, 0.1) is 5.92 Å². The van der Waals surface area contributed by atoms with E-state index in [1.54, 1.807) is 0 Å². The molecule has 4 nitrogen and oxygen atoms in total. The van der Waals surface area contributed by atoms with Crippen LogP contribution < -0.4 is 0 Å². The standard InChI is InChI=1S/C11H20O4/c1-11(2,3)14-15-13-10(12)9-7-5-4-6-8-9/h9H,4-8H2,1-3H3. The highest BCUT2D eigenvalue weighted by molar-refractivity contribution is 5.71. The fraction of sp³-hybridized carbons (Fsp3) is 0.909. The zero-order valence-corrected chi connectivity index (χ0v) is 9.75. The smallest absolute Gasteiger partial charge is 0.269 e. The van der Waals surface area contributed by atoms with E-state index in [4.69, 9.17) is 4.89 Å². The lowest BCUT2D eigenvalue weighted by Gasteiger charge is -2.20. The molecule has 0 aromatic carbocycles. The largest absolute Gasteiger partial charge is 0.348 e. The Morgan fingerprint density at radius 1 is 1.13 bits per heavy atom.